The molecule has 2 aromatic carbocycles. The van der Waals surface area contributed by atoms with Crippen LogP contribution in [0.25, 0.3) is 11.1 Å². The van der Waals surface area contributed by atoms with Crippen LogP contribution in [0.4, 0.5) is 10.5 Å². The number of carbonyl (C=O) groups is 1. The van der Waals surface area contributed by atoms with E-state index in [1.165, 1.54) is 0 Å². The molecule has 3 rings (SSSR count). The van der Waals surface area contributed by atoms with Crippen molar-refractivity contribution in [2.24, 2.45) is 0 Å². The molecule has 5 nitrogen and oxygen atoms in total. The SMILES string of the molecule is CC(C)(C)OC(=O)NC1CCN(c2cc(-c3ccccc3)ccc2C#N)C1. The first-order chi connectivity index (χ1) is 12.9. The number of amides is 1. The second-order valence-electron chi connectivity index (χ2n) is 7.79. The molecule has 1 saturated heterocycles. The van der Waals surface area contributed by atoms with Gasteiger partial charge in [0.1, 0.15) is 11.7 Å². The van der Waals surface area contributed by atoms with Gasteiger partial charge in [-0.15, -0.1) is 0 Å². The first kappa shape index (κ1) is 18.8. The van der Waals surface area contributed by atoms with E-state index in [1.807, 2.05) is 51.1 Å². The Labute approximate surface area is 160 Å². The Morgan fingerprint density at radius 2 is 1.93 bits per heavy atom. The third-order valence-corrected chi connectivity index (χ3v) is 4.48. The summed E-state index contributed by atoms with van der Waals surface area (Å²) in [5.74, 6) is 0. The molecule has 2 aromatic rings. The molecule has 1 unspecified atom stereocenters. The molecule has 0 saturated carbocycles. The summed E-state index contributed by atoms with van der Waals surface area (Å²) in [6.07, 6.45) is 0.424. The monoisotopic (exact) mass is 363 g/mol. The Hall–Kier alpha value is -3.00. The molecule has 0 aliphatic carbocycles. The molecule has 0 bridgehead atoms. The molecule has 0 aromatic heterocycles. The molecule has 5 heteroatoms. The van der Waals surface area contributed by atoms with Crippen LogP contribution in [0.15, 0.2) is 48.5 Å². The maximum absolute atomic E-state index is 12.0. The van der Waals surface area contributed by atoms with Gasteiger partial charge in [-0.05, 0) is 50.5 Å². The Kier molecular flexibility index (Phi) is 5.36. The van der Waals surface area contributed by atoms with Gasteiger partial charge in [-0.3, -0.25) is 0 Å². The first-order valence-electron chi connectivity index (χ1n) is 9.20. The number of nitrogens with zero attached hydrogens (tertiary/aromatic N) is 2. The average Bonchev–Trinajstić information content (AvgIpc) is 3.08. The maximum Gasteiger partial charge on any atom is 0.407 e. The van der Waals surface area contributed by atoms with Crippen molar-refractivity contribution in [1.29, 1.82) is 5.26 Å². The van der Waals surface area contributed by atoms with Crippen LogP contribution in [0.2, 0.25) is 0 Å². The van der Waals surface area contributed by atoms with E-state index < -0.39 is 11.7 Å². The molecule has 0 radical (unpaired) electrons. The Morgan fingerprint density at radius 3 is 2.59 bits per heavy atom. The Bertz CT molecular complexity index is 850. The minimum absolute atomic E-state index is 0.00627. The fraction of sp³-hybridized carbons (Fsp3) is 0.364. The fourth-order valence-corrected chi connectivity index (χ4v) is 3.27. The van der Waals surface area contributed by atoms with Gasteiger partial charge in [0.15, 0.2) is 0 Å². The fourth-order valence-electron chi connectivity index (χ4n) is 3.27. The number of nitrogens with one attached hydrogen (secondary N) is 1. The zero-order valence-corrected chi connectivity index (χ0v) is 16.0. The number of benzene rings is 2. The van der Waals surface area contributed by atoms with Crippen molar-refractivity contribution in [3.05, 3.63) is 54.1 Å². The molecule has 1 atom stereocenters. The van der Waals surface area contributed by atoms with Crippen LogP contribution in [0, 0.1) is 11.3 Å². The highest BCUT2D eigenvalue weighted by atomic mass is 16.6. The number of alkyl carbamates (subject to hydrolysis) is 1. The lowest BCUT2D eigenvalue weighted by molar-refractivity contribution is 0.0509. The summed E-state index contributed by atoms with van der Waals surface area (Å²) < 4.78 is 5.34. The summed E-state index contributed by atoms with van der Waals surface area (Å²) in [7, 11) is 0. The van der Waals surface area contributed by atoms with E-state index in [4.69, 9.17) is 4.74 Å². The first-order valence-corrected chi connectivity index (χ1v) is 9.20. The molecule has 27 heavy (non-hydrogen) atoms. The summed E-state index contributed by atoms with van der Waals surface area (Å²) in [6, 6.07) is 18.3. The van der Waals surface area contributed by atoms with Crippen LogP contribution in [-0.4, -0.2) is 30.8 Å². The predicted molar refractivity (Wildman–Crippen MR) is 107 cm³/mol. The minimum Gasteiger partial charge on any atom is -0.444 e. The van der Waals surface area contributed by atoms with Crippen molar-refractivity contribution in [2.75, 3.05) is 18.0 Å². The zero-order chi connectivity index (χ0) is 19.4. The largest absolute Gasteiger partial charge is 0.444 e. The van der Waals surface area contributed by atoms with E-state index in [0.29, 0.717) is 12.1 Å². The third kappa shape index (κ3) is 4.79. The van der Waals surface area contributed by atoms with Gasteiger partial charge in [0, 0.05) is 13.1 Å². The van der Waals surface area contributed by atoms with Gasteiger partial charge >= 0.3 is 6.09 Å². The van der Waals surface area contributed by atoms with Crippen LogP contribution in [0.5, 0.6) is 0 Å². The lowest BCUT2D eigenvalue weighted by Gasteiger charge is -2.23. The van der Waals surface area contributed by atoms with Crippen molar-refractivity contribution in [3.8, 4) is 17.2 Å². The van der Waals surface area contributed by atoms with Crippen molar-refractivity contribution in [1.82, 2.24) is 5.32 Å². The van der Waals surface area contributed by atoms with Crippen LogP contribution < -0.4 is 10.2 Å². The van der Waals surface area contributed by atoms with E-state index in [1.54, 1.807) is 0 Å². The number of carbonyl (C=O) groups excluding carboxylic acids is 1. The molecule has 1 fully saturated rings. The predicted octanol–water partition coefficient (Wildman–Crippen LogP) is 4.33. The quantitative estimate of drug-likeness (QED) is 0.881. The van der Waals surface area contributed by atoms with Crippen LogP contribution in [0.1, 0.15) is 32.8 Å². The highest BCUT2D eigenvalue weighted by Crippen LogP contribution is 2.30. The summed E-state index contributed by atoms with van der Waals surface area (Å²) >= 11 is 0. The second-order valence-corrected chi connectivity index (χ2v) is 7.79. The van der Waals surface area contributed by atoms with E-state index in [2.05, 4.69) is 34.5 Å². The van der Waals surface area contributed by atoms with Crippen molar-refractivity contribution in [2.45, 2.75) is 38.8 Å². The van der Waals surface area contributed by atoms with Gasteiger partial charge in [0.25, 0.3) is 0 Å². The molecule has 1 aliphatic rings. The van der Waals surface area contributed by atoms with Crippen LogP contribution in [0.3, 0.4) is 0 Å². The minimum atomic E-state index is -0.514. The van der Waals surface area contributed by atoms with Gasteiger partial charge in [-0.25, -0.2) is 4.79 Å². The molecular weight excluding hydrogens is 338 g/mol. The highest BCUT2D eigenvalue weighted by Gasteiger charge is 2.27. The molecule has 1 N–H and O–H groups in total. The summed E-state index contributed by atoms with van der Waals surface area (Å²) in [5, 5.41) is 12.4. The van der Waals surface area contributed by atoms with E-state index in [9.17, 15) is 10.1 Å². The topological polar surface area (TPSA) is 65.4 Å². The summed E-state index contributed by atoms with van der Waals surface area (Å²) in [5.41, 5.74) is 3.24. The van der Waals surface area contributed by atoms with E-state index in [0.717, 1.165) is 29.8 Å². The standard InChI is InChI=1S/C22H25N3O2/c1-22(2,3)27-21(26)24-19-11-12-25(15-19)20-13-17(9-10-18(20)14-23)16-7-5-4-6-8-16/h4-10,13,19H,11-12,15H2,1-3H3,(H,24,26). The maximum atomic E-state index is 12.0. The summed E-state index contributed by atoms with van der Waals surface area (Å²) in [4.78, 5) is 14.2. The van der Waals surface area contributed by atoms with Crippen molar-refractivity contribution >= 4 is 11.8 Å². The Balaban J connectivity index is 1.75. The van der Waals surface area contributed by atoms with Crippen LogP contribution in [-0.2, 0) is 4.74 Å². The molecular formula is C22H25N3O2. The molecule has 1 aliphatic heterocycles. The summed E-state index contributed by atoms with van der Waals surface area (Å²) in [6.45, 7) is 6.99. The number of hydrogen-bond acceptors (Lipinski definition) is 4. The number of hydrogen-bond donors (Lipinski definition) is 1. The number of rotatable bonds is 3. The number of nitriles is 1. The average molecular weight is 363 g/mol. The van der Waals surface area contributed by atoms with Gasteiger partial charge in [-0.2, -0.15) is 5.26 Å². The normalized spacial score (nSPS) is 16.7. The van der Waals surface area contributed by atoms with Crippen molar-refractivity contribution < 1.29 is 9.53 Å². The lowest BCUT2D eigenvalue weighted by atomic mass is 10.0. The molecule has 1 heterocycles. The molecule has 0 spiro atoms. The van der Waals surface area contributed by atoms with Gasteiger partial charge in [0.2, 0.25) is 0 Å². The van der Waals surface area contributed by atoms with Gasteiger partial charge < -0.3 is 15.0 Å². The van der Waals surface area contributed by atoms with Gasteiger partial charge in [-0.1, -0.05) is 36.4 Å². The van der Waals surface area contributed by atoms with E-state index in [-0.39, 0.29) is 6.04 Å². The van der Waals surface area contributed by atoms with Gasteiger partial charge in [0.05, 0.1) is 17.3 Å². The second kappa shape index (κ2) is 7.71. The third-order valence-electron chi connectivity index (χ3n) is 4.48. The molecule has 140 valence electrons. The van der Waals surface area contributed by atoms with Crippen molar-refractivity contribution in [3.63, 3.8) is 0 Å². The zero-order valence-electron chi connectivity index (χ0n) is 16.0. The number of ether oxygens (including phenoxy) is 1. The molecule has 1 amide bonds. The highest BCUT2D eigenvalue weighted by molar-refractivity contribution is 5.73. The smallest absolute Gasteiger partial charge is 0.407 e. The van der Waals surface area contributed by atoms with Crippen LogP contribution >= 0.6 is 0 Å². The Morgan fingerprint density at radius 1 is 1.19 bits per heavy atom. The van der Waals surface area contributed by atoms with E-state index >= 15 is 0 Å². The number of anilines is 1. The lowest BCUT2D eigenvalue weighted by Crippen LogP contribution is -2.40.